The van der Waals surface area contributed by atoms with Gasteiger partial charge in [-0.25, -0.2) is 4.79 Å². The van der Waals surface area contributed by atoms with Crippen molar-refractivity contribution in [1.29, 1.82) is 0 Å². The molecule has 2 aromatic rings. The zero-order valence-corrected chi connectivity index (χ0v) is 21.7. The molecule has 4 aliphatic rings. The number of thiophene rings is 1. The summed E-state index contributed by atoms with van der Waals surface area (Å²) < 4.78 is 11.2. The third-order valence-electron chi connectivity index (χ3n) is 7.85. The van der Waals surface area contributed by atoms with Crippen LogP contribution in [0.25, 0.3) is 0 Å². The van der Waals surface area contributed by atoms with Crippen molar-refractivity contribution in [1.82, 2.24) is 0 Å². The summed E-state index contributed by atoms with van der Waals surface area (Å²) in [6.07, 6.45) is 5.54. The van der Waals surface area contributed by atoms with Crippen molar-refractivity contribution in [2.24, 2.45) is 23.7 Å². The van der Waals surface area contributed by atoms with E-state index in [9.17, 15) is 19.2 Å². The highest BCUT2D eigenvalue weighted by Crippen LogP contribution is 2.53. The van der Waals surface area contributed by atoms with E-state index in [2.05, 4.69) is 17.5 Å². The topological polar surface area (TPSA) is 102 Å². The molecule has 2 bridgehead atoms. The van der Waals surface area contributed by atoms with Gasteiger partial charge in [-0.2, -0.15) is 0 Å². The Morgan fingerprint density at radius 1 is 1.11 bits per heavy atom. The summed E-state index contributed by atoms with van der Waals surface area (Å²) in [6, 6.07) is 6.44. The number of ether oxygens (including phenoxy) is 2. The molecule has 2 fully saturated rings. The minimum atomic E-state index is -0.469. The zero-order chi connectivity index (χ0) is 26.1. The minimum Gasteiger partial charge on any atom is -0.462 e. The van der Waals surface area contributed by atoms with Gasteiger partial charge in [0.25, 0.3) is 5.91 Å². The molecule has 3 amide bonds. The third kappa shape index (κ3) is 3.83. The molecule has 2 aliphatic heterocycles. The van der Waals surface area contributed by atoms with Gasteiger partial charge in [0.1, 0.15) is 5.00 Å². The molecular formula is C28H28N2O6S. The van der Waals surface area contributed by atoms with Crippen LogP contribution >= 0.6 is 11.3 Å². The van der Waals surface area contributed by atoms with Crippen LogP contribution in [0, 0.1) is 23.7 Å². The van der Waals surface area contributed by atoms with Crippen LogP contribution in [-0.2, 0) is 32.1 Å². The van der Waals surface area contributed by atoms with Crippen molar-refractivity contribution in [3.63, 3.8) is 0 Å². The molecule has 1 saturated carbocycles. The Bertz CT molecular complexity index is 1330. The van der Waals surface area contributed by atoms with E-state index in [0.29, 0.717) is 34.8 Å². The molecule has 37 heavy (non-hydrogen) atoms. The maximum absolute atomic E-state index is 13.2. The number of hydrogen-bond acceptors (Lipinski definition) is 7. The molecule has 1 aromatic carbocycles. The Balaban J connectivity index is 1.23. The Morgan fingerprint density at radius 3 is 2.38 bits per heavy atom. The summed E-state index contributed by atoms with van der Waals surface area (Å²) in [6.45, 7) is 6.26. The average molecular weight is 521 g/mol. The number of carbonyl (C=O) groups excluding carboxylic acids is 4. The summed E-state index contributed by atoms with van der Waals surface area (Å²) in [4.78, 5) is 54.3. The lowest BCUT2D eigenvalue weighted by atomic mass is 9.85. The number of hydrogen-bond donors (Lipinski definition) is 1. The van der Waals surface area contributed by atoms with Crippen LogP contribution in [0.2, 0.25) is 0 Å². The van der Waals surface area contributed by atoms with E-state index in [0.717, 1.165) is 16.9 Å². The Hall–Kier alpha value is -3.30. The lowest BCUT2D eigenvalue weighted by molar-refractivity contribution is -0.123. The second kappa shape index (κ2) is 8.63. The fourth-order valence-electron chi connectivity index (χ4n) is 6.15. The molecule has 0 spiro atoms. The number of esters is 1. The normalized spacial score (nSPS) is 26.8. The molecule has 4 atom stereocenters. The molecule has 2 aliphatic carbocycles. The molecule has 6 rings (SSSR count). The number of benzene rings is 1. The van der Waals surface area contributed by atoms with Gasteiger partial charge < -0.3 is 14.8 Å². The largest absolute Gasteiger partial charge is 0.462 e. The lowest BCUT2D eigenvalue weighted by Crippen LogP contribution is -2.32. The van der Waals surface area contributed by atoms with Gasteiger partial charge in [0, 0.05) is 16.9 Å². The molecular weight excluding hydrogens is 492 g/mol. The van der Waals surface area contributed by atoms with Gasteiger partial charge in [-0.05, 0) is 68.9 Å². The van der Waals surface area contributed by atoms with Crippen LogP contribution in [0.4, 0.5) is 10.7 Å². The van der Waals surface area contributed by atoms with Crippen molar-refractivity contribution in [3.05, 3.63) is 58.0 Å². The molecule has 1 N–H and O–H groups in total. The monoisotopic (exact) mass is 520 g/mol. The van der Waals surface area contributed by atoms with E-state index in [-0.39, 0.29) is 42.1 Å². The quantitative estimate of drug-likeness (QED) is 0.358. The predicted molar refractivity (Wildman–Crippen MR) is 137 cm³/mol. The summed E-state index contributed by atoms with van der Waals surface area (Å²) >= 11 is 1.32. The van der Waals surface area contributed by atoms with Crippen molar-refractivity contribution in [2.45, 2.75) is 45.8 Å². The van der Waals surface area contributed by atoms with E-state index in [4.69, 9.17) is 9.47 Å². The van der Waals surface area contributed by atoms with Gasteiger partial charge in [0.2, 0.25) is 11.8 Å². The summed E-state index contributed by atoms with van der Waals surface area (Å²) in [5.74, 6) is -1.44. The van der Waals surface area contributed by atoms with Gasteiger partial charge in [-0.3, -0.25) is 19.3 Å². The van der Waals surface area contributed by atoms with Crippen molar-refractivity contribution in [3.8, 4) is 0 Å². The van der Waals surface area contributed by atoms with Crippen LogP contribution < -0.4 is 10.2 Å². The van der Waals surface area contributed by atoms with Crippen LogP contribution in [0.3, 0.4) is 0 Å². The second-order valence-electron chi connectivity index (χ2n) is 10.7. The Morgan fingerprint density at radius 2 is 1.76 bits per heavy atom. The highest BCUT2D eigenvalue weighted by Gasteiger charge is 2.59. The number of anilines is 2. The van der Waals surface area contributed by atoms with Crippen LogP contribution in [0.5, 0.6) is 0 Å². The molecule has 1 aromatic heterocycles. The number of imide groups is 1. The van der Waals surface area contributed by atoms with Gasteiger partial charge in [-0.15, -0.1) is 11.3 Å². The first-order chi connectivity index (χ1) is 17.7. The SMILES string of the molecule is CCOC(=O)c1c(NC(=O)c2ccc(N3C(=O)[C@@H]4[C@@H](C3=O)[C@H]3C=C[C@@H]4C3)cc2)sc2c1CC(C)(C)OC2. The van der Waals surface area contributed by atoms with Crippen LogP contribution in [-0.4, -0.2) is 35.9 Å². The number of fused-ring (bicyclic) bond motifs is 6. The van der Waals surface area contributed by atoms with Gasteiger partial charge >= 0.3 is 5.97 Å². The molecule has 8 nitrogen and oxygen atoms in total. The number of nitrogens with one attached hydrogen (secondary N) is 1. The summed E-state index contributed by atoms with van der Waals surface area (Å²) in [5, 5.41) is 3.31. The maximum Gasteiger partial charge on any atom is 0.341 e. The fraction of sp³-hybridized carbons (Fsp3) is 0.429. The van der Waals surface area contributed by atoms with Crippen molar-refractivity contribution in [2.75, 3.05) is 16.8 Å². The standard InChI is InChI=1S/C28H28N2O6S/c1-4-35-27(34)22-18-12-28(2,3)36-13-19(18)37-24(22)29-23(31)14-7-9-17(10-8-14)30-25(32)20-15-5-6-16(11-15)21(20)26(30)33/h5-10,15-16,20-21H,4,11-13H2,1-3H3,(H,29,31)/t15-,16+,20-,21-/m0/s1. The van der Waals surface area contributed by atoms with E-state index < -0.39 is 17.5 Å². The van der Waals surface area contributed by atoms with Crippen molar-refractivity contribution >= 4 is 45.7 Å². The van der Waals surface area contributed by atoms with E-state index in [1.54, 1.807) is 31.2 Å². The zero-order valence-electron chi connectivity index (χ0n) is 20.9. The van der Waals surface area contributed by atoms with Crippen LogP contribution in [0.15, 0.2) is 36.4 Å². The highest BCUT2D eigenvalue weighted by molar-refractivity contribution is 7.17. The van der Waals surface area contributed by atoms with Crippen molar-refractivity contribution < 1.29 is 28.7 Å². The fourth-order valence-corrected chi connectivity index (χ4v) is 7.27. The Kier molecular flexibility index (Phi) is 5.61. The van der Waals surface area contributed by atoms with Crippen LogP contribution in [0.1, 0.15) is 58.3 Å². The first-order valence-corrected chi connectivity index (χ1v) is 13.4. The van der Waals surface area contributed by atoms with Gasteiger partial charge in [0.15, 0.2) is 0 Å². The lowest BCUT2D eigenvalue weighted by Gasteiger charge is -2.30. The third-order valence-corrected chi connectivity index (χ3v) is 8.97. The predicted octanol–water partition coefficient (Wildman–Crippen LogP) is 4.34. The smallest absolute Gasteiger partial charge is 0.341 e. The van der Waals surface area contributed by atoms with E-state index in [1.165, 1.54) is 16.2 Å². The number of nitrogens with zero attached hydrogens (tertiary/aromatic N) is 1. The number of rotatable bonds is 5. The molecule has 0 unspecified atom stereocenters. The Labute approximate surface area is 218 Å². The van der Waals surface area contributed by atoms with E-state index in [1.807, 2.05) is 13.8 Å². The summed E-state index contributed by atoms with van der Waals surface area (Å²) in [7, 11) is 0. The number of amides is 3. The minimum absolute atomic E-state index is 0.141. The second-order valence-corrected chi connectivity index (χ2v) is 11.8. The maximum atomic E-state index is 13.2. The molecule has 192 valence electrons. The van der Waals surface area contributed by atoms with E-state index >= 15 is 0 Å². The average Bonchev–Trinajstić information content (AvgIpc) is 3.61. The highest BCUT2D eigenvalue weighted by atomic mass is 32.1. The number of carbonyl (C=O) groups is 4. The molecule has 0 radical (unpaired) electrons. The molecule has 3 heterocycles. The van der Waals surface area contributed by atoms with Gasteiger partial charge in [0.05, 0.1) is 41.9 Å². The summed E-state index contributed by atoms with van der Waals surface area (Å²) in [5.41, 5.74) is 1.63. The molecule has 1 saturated heterocycles. The first kappa shape index (κ1) is 24.1. The molecule has 9 heteroatoms. The number of allylic oxidation sites excluding steroid dienone is 2. The van der Waals surface area contributed by atoms with Gasteiger partial charge in [-0.1, -0.05) is 12.2 Å². The first-order valence-electron chi connectivity index (χ1n) is 12.6.